The number of rotatable bonds is 6. The van der Waals surface area contributed by atoms with Crippen molar-refractivity contribution in [3.8, 4) is 0 Å². The molecule has 0 heterocycles. The van der Waals surface area contributed by atoms with Gasteiger partial charge in [0.1, 0.15) is 6.61 Å². The Morgan fingerprint density at radius 1 is 1.09 bits per heavy atom. The average Bonchev–Trinajstić information content (AvgIpc) is 2.59. The van der Waals surface area contributed by atoms with E-state index in [1.54, 1.807) is 30.3 Å². The summed E-state index contributed by atoms with van der Waals surface area (Å²) in [6.07, 6.45) is 0. The number of sulfonamides is 1. The van der Waals surface area contributed by atoms with Crippen LogP contribution in [-0.2, 0) is 14.8 Å². The molecule has 7 heteroatoms. The molecule has 1 N–H and O–H groups in total. The first kappa shape index (κ1) is 17.0. The highest BCUT2D eigenvalue weighted by Crippen LogP contribution is 2.22. The van der Waals surface area contributed by atoms with Crippen molar-refractivity contribution in [2.24, 2.45) is 0 Å². The van der Waals surface area contributed by atoms with Gasteiger partial charge in [0.15, 0.2) is 0 Å². The first-order valence-corrected chi connectivity index (χ1v) is 8.33. The van der Waals surface area contributed by atoms with Gasteiger partial charge in [-0.3, -0.25) is 4.31 Å². The maximum Gasteiger partial charge on any atom is 0.338 e. The van der Waals surface area contributed by atoms with Crippen LogP contribution in [0.2, 0.25) is 0 Å². The molecule has 0 bridgehead atoms. The number of esters is 1. The van der Waals surface area contributed by atoms with Crippen LogP contribution in [0.1, 0.15) is 10.4 Å². The molecule has 0 saturated carbocycles. The molecule has 0 saturated heterocycles. The fraction of sp³-hybridized carbons (Fsp3) is 0.188. The molecule has 0 aliphatic rings. The van der Waals surface area contributed by atoms with Gasteiger partial charge < -0.3 is 9.84 Å². The second kappa shape index (κ2) is 7.26. The van der Waals surface area contributed by atoms with Crippen molar-refractivity contribution in [3.05, 3.63) is 60.2 Å². The third-order valence-electron chi connectivity index (χ3n) is 3.19. The van der Waals surface area contributed by atoms with Gasteiger partial charge in [0.2, 0.25) is 0 Å². The minimum Gasteiger partial charge on any atom is -0.460 e. The average molecular weight is 335 g/mol. The molecule has 2 aromatic rings. The Kier molecular flexibility index (Phi) is 5.36. The van der Waals surface area contributed by atoms with Gasteiger partial charge in [0, 0.05) is 7.05 Å². The van der Waals surface area contributed by atoms with Crippen molar-refractivity contribution in [1.82, 2.24) is 0 Å². The summed E-state index contributed by atoms with van der Waals surface area (Å²) in [6.45, 7) is -0.365. The van der Waals surface area contributed by atoms with Gasteiger partial charge in [-0.15, -0.1) is 0 Å². The van der Waals surface area contributed by atoms with Crippen LogP contribution >= 0.6 is 0 Å². The van der Waals surface area contributed by atoms with Gasteiger partial charge in [0.05, 0.1) is 22.8 Å². The molecular weight excluding hydrogens is 318 g/mol. The van der Waals surface area contributed by atoms with Crippen molar-refractivity contribution in [3.63, 3.8) is 0 Å². The summed E-state index contributed by atoms with van der Waals surface area (Å²) in [4.78, 5) is 11.7. The summed E-state index contributed by atoms with van der Waals surface area (Å²) in [5.41, 5.74) is 0.763. The van der Waals surface area contributed by atoms with E-state index in [0.29, 0.717) is 5.69 Å². The van der Waals surface area contributed by atoms with Gasteiger partial charge >= 0.3 is 5.97 Å². The molecule has 0 radical (unpaired) electrons. The summed E-state index contributed by atoms with van der Waals surface area (Å²) >= 11 is 0. The summed E-state index contributed by atoms with van der Waals surface area (Å²) in [5, 5.41) is 8.62. The summed E-state index contributed by atoms with van der Waals surface area (Å²) in [7, 11) is -2.24. The Morgan fingerprint density at radius 3 is 2.26 bits per heavy atom. The lowest BCUT2D eigenvalue weighted by molar-refractivity contribution is 0.0433. The summed E-state index contributed by atoms with van der Waals surface area (Å²) in [5.74, 6) is -0.612. The molecule has 122 valence electrons. The minimum atomic E-state index is -3.71. The lowest BCUT2D eigenvalue weighted by atomic mass is 10.2. The van der Waals surface area contributed by atoms with Gasteiger partial charge in [-0.25, -0.2) is 13.2 Å². The molecule has 2 rings (SSSR count). The van der Waals surface area contributed by atoms with E-state index in [9.17, 15) is 13.2 Å². The number of benzene rings is 2. The summed E-state index contributed by atoms with van der Waals surface area (Å²) < 4.78 is 31.1. The van der Waals surface area contributed by atoms with Crippen LogP contribution in [0, 0.1) is 0 Å². The quantitative estimate of drug-likeness (QED) is 0.812. The third kappa shape index (κ3) is 3.88. The summed E-state index contributed by atoms with van der Waals surface area (Å²) in [6, 6.07) is 14.2. The van der Waals surface area contributed by atoms with Crippen LogP contribution in [0.3, 0.4) is 0 Å². The first-order valence-electron chi connectivity index (χ1n) is 6.89. The molecule has 0 aliphatic heterocycles. The number of hydrogen-bond acceptors (Lipinski definition) is 5. The topological polar surface area (TPSA) is 83.9 Å². The lowest BCUT2D eigenvalue weighted by Gasteiger charge is -2.19. The largest absolute Gasteiger partial charge is 0.460 e. The Hall–Kier alpha value is -2.38. The molecule has 0 aromatic heterocycles. The Bertz CT molecular complexity index is 757. The van der Waals surface area contributed by atoms with E-state index >= 15 is 0 Å². The monoisotopic (exact) mass is 335 g/mol. The standard InChI is InChI=1S/C16H17NO5S/c1-17(14-5-3-2-4-6-14)23(20,21)15-9-7-13(8-10-15)16(19)22-12-11-18/h2-10,18H,11-12H2,1H3. The van der Waals surface area contributed by atoms with Crippen LogP contribution < -0.4 is 4.31 Å². The maximum absolute atomic E-state index is 12.6. The van der Waals surface area contributed by atoms with E-state index in [1.807, 2.05) is 0 Å². The molecule has 0 fully saturated rings. The Balaban J connectivity index is 2.22. The normalized spacial score (nSPS) is 11.0. The molecule has 0 amide bonds. The highest BCUT2D eigenvalue weighted by molar-refractivity contribution is 7.92. The molecule has 2 aromatic carbocycles. The van der Waals surface area contributed by atoms with Gasteiger partial charge in [-0.2, -0.15) is 0 Å². The molecule has 0 aliphatic carbocycles. The maximum atomic E-state index is 12.6. The zero-order valence-electron chi connectivity index (χ0n) is 12.5. The number of hydrogen-bond donors (Lipinski definition) is 1. The van der Waals surface area contributed by atoms with Crippen molar-refractivity contribution < 1.29 is 23.1 Å². The van der Waals surface area contributed by atoms with E-state index in [4.69, 9.17) is 9.84 Å². The van der Waals surface area contributed by atoms with Gasteiger partial charge in [-0.1, -0.05) is 18.2 Å². The molecule has 0 atom stereocenters. The molecule has 6 nitrogen and oxygen atoms in total. The number of carbonyl (C=O) groups is 1. The van der Waals surface area contributed by atoms with Crippen molar-refractivity contribution >= 4 is 21.7 Å². The van der Waals surface area contributed by atoms with Gasteiger partial charge in [-0.05, 0) is 36.4 Å². The molecule has 0 unspecified atom stereocenters. The van der Waals surface area contributed by atoms with Crippen molar-refractivity contribution in [2.45, 2.75) is 4.90 Å². The predicted molar refractivity (Wildman–Crippen MR) is 85.8 cm³/mol. The lowest BCUT2D eigenvalue weighted by Crippen LogP contribution is -2.26. The smallest absolute Gasteiger partial charge is 0.338 e. The van der Waals surface area contributed by atoms with Crippen molar-refractivity contribution in [2.75, 3.05) is 24.6 Å². The number of anilines is 1. The van der Waals surface area contributed by atoms with Crippen LogP contribution in [0.4, 0.5) is 5.69 Å². The SMILES string of the molecule is CN(c1ccccc1)S(=O)(=O)c1ccc(C(=O)OCCO)cc1. The number of para-hydroxylation sites is 1. The fourth-order valence-corrected chi connectivity index (χ4v) is 3.11. The fourth-order valence-electron chi connectivity index (χ4n) is 1.92. The van der Waals surface area contributed by atoms with E-state index in [0.717, 1.165) is 0 Å². The van der Waals surface area contributed by atoms with Crippen LogP contribution in [0.15, 0.2) is 59.5 Å². The van der Waals surface area contributed by atoms with Crippen LogP contribution in [-0.4, -0.2) is 39.8 Å². The van der Waals surface area contributed by atoms with E-state index in [2.05, 4.69) is 0 Å². The first-order chi connectivity index (χ1) is 11.0. The van der Waals surface area contributed by atoms with Crippen LogP contribution in [0.25, 0.3) is 0 Å². The number of nitrogens with zero attached hydrogens (tertiary/aromatic N) is 1. The number of carbonyl (C=O) groups excluding carboxylic acids is 1. The van der Waals surface area contributed by atoms with Crippen LogP contribution in [0.5, 0.6) is 0 Å². The minimum absolute atomic E-state index is 0.0718. The number of aliphatic hydroxyl groups is 1. The second-order valence-corrected chi connectivity index (χ2v) is 6.66. The molecule has 0 spiro atoms. The van der Waals surface area contributed by atoms with Crippen molar-refractivity contribution in [1.29, 1.82) is 0 Å². The van der Waals surface area contributed by atoms with E-state index < -0.39 is 16.0 Å². The molecular formula is C16H17NO5S. The third-order valence-corrected chi connectivity index (χ3v) is 4.99. The Morgan fingerprint density at radius 2 is 1.70 bits per heavy atom. The van der Waals surface area contributed by atoms with E-state index in [1.165, 1.54) is 35.6 Å². The number of ether oxygens (including phenoxy) is 1. The highest BCUT2D eigenvalue weighted by Gasteiger charge is 2.21. The highest BCUT2D eigenvalue weighted by atomic mass is 32.2. The zero-order valence-corrected chi connectivity index (χ0v) is 13.4. The predicted octanol–water partition coefficient (Wildman–Crippen LogP) is 1.66. The Labute approximate surface area is 135 Å². The second-order valence-electron chi connectivity index (χ2n) is 4.69. The van der Waals surface area contributed by atoms with E-state index in [-0.39, 0.29) is 23.7 Å². The zero-order chi connectivity index (χ0) is 16.9. The molecule has 23 heavy (non-hydrogen) atoms. The van der Waals surface area contributed by atoms with Gasteiger partial charge in [0.25, 0.3) is 10.0 Å². The number of aliphatic hydroxyl groups excluding tert-OH is 1.